The highest BCUT2D eigenvalue weighted by molar-refractivity contribution is 5.38. The van der Waals surface area contributed by atoms with Gasteiger partial charge in [0.1, 0.15) is 12.4 Å². The molecule has 1 saturated carbocycles. The fraction of sp³-hybridized carbons (Fsp3) is 0.667. The summed E-state index contributed by atoms with van der Waals surface area (Å²) in [6, 6.07) is 6.39. The van der Waals surface area contributed by atoms with Crippen LogP contribution in [-0.2, 0) is 11.2 Å². The predicted octanol–water partition coefficient (Wildman–Crippen LogP) is 3.54. The van der Waals surface area contributed by atoms with E-state index in [1.165, 1.54) is 36.8 Å². The lowest BCUT2D eigenvalue weighted by molar-refractivity contribution is 0.198. The second-order valence-corrected chi connectivity index (χ2v) is 6.13. The molecule has 0 unspecified atom stereocenters. The molecule has 0 aliphatic heterocycles. The average molecular weight is 292 g/mol. The largest absolute Gasteiger partial charge is 0.491 e. The van der Waals surface area contributed by atoms with Crippen LogP contribution in [0.15, 0.2) is 18.2 Å². The van der Waals surface area contributed by atoms with Crippen molar-refractivity contribution >= 4 is 0 Å². The zero-order chi connectivity index (χ0) is 15.1. The number of ether oxygens (including phenoxy) is 2. The van der Waals surface area contributed by atoms with Crippen LogP contribution in [0, 0.1) is 5.92 Å². The van der Waals surface area contributed by atoms with Crippen molar-refractivity contribution in [3.05, 3.63) is 29.3 Å². The SMILES string of the molecule is COCCc1cc(OCCO)ccc1C1CCC(C)CC1. The van der Waals surface area contributed by atoms with Crippen molar-refractivity contribution in [2.45, 2.75) is 44.9 Å². The molecule has 3 heteroatoms. The summed E-state index contributed by atoms with van der Waals surface area (Å²) in [5, 5.41) is 8.88. The first-order valence-corrected chi connectivity index (χ1v) is 8.10. The Morgan fingerprint density at radius 1 is 1.14 bits per heavy atom. The fourth-order valence-electron chi connectivity index (χ4n) is 3.23. The number of benzene rings is 1. The normalized spacial score (nSPS) is 22.2. The third-order valence-corrected chi connectivity index (χ3v) is 4.51. The molecule has 1 N–H and O–H groups in total. The van der Waals surface area contributed by atoms with E-state index in [-0.39, 0.29) is 6.61 Å². The summed E-state index contributed by atoms with van der Waals surface area (Å²) in [5.74, 6) is 2.40. The molecule has 0 heterocycles. The monoisotopic (exact) mass is 292 g/mol. The van der Waals surface area contributed by atoms with Gasteiger partial charge in [0.25, 0.3) is 0 Å². The van der Waals surface area contributed by atoms with E-state index in [2.05, 4.69) is 19.1 Å². The second kappa shape index (κ2) is 8.40. The van der Waals surface area contributed by atoms with Crippen molar-refractivity contribution in [1.29, 1.82) is 0 Å². The van der Waals surface area contributed by atoms with Gasteiger partial charge < -0.3 is 14.6 Å². The predicted molar refractivity (Wildman–Crippen MR) is 85.0 cm³/mol. The van der Waals surface area contributed by atoms with E-state index in [1.54, 1.807) is 7.11 Å². The van der Waals surface area contributed by atoms with Gasteiger partial charge in [0.2, 0.25) is 0 Å². The van der Waals surface area contributed by atoms with E-state index in [0.717, 1.165) is 24.7 Å². The smallest absolute Gasteiger partial charge is 0.119 e. The fourth-order valence-corrected chi connectivity index (χ4v) is 3.23. The third-order valence-electron chi connectivity index (χ3n) is 4.51. The maximum atomic E-state index is 8.88. The van der Waals surface area contributed by atoms with E-state index in [9.17, 15) is 0 Å². The summed E-state index contributed by atoms with van der Waals surface area (Å²) in [4.78, 5) is 0. The van der Waals surface area contributed by atoms with E-state index >= 15 is 0 Å². The van der Waals surface area contributed by atoms with E-state index in [4.69, 9.17) is 14.6 Å². The van der Waals surface area contributed by atoms with Gasteiger partial charge in [-0.3, -0.25) is 0 Å². The summed E-state index contributed by atoms with van der Waals surface area (Å²) < 4.78 is 10.8. The molecule has 118 valence electrons. The van der Waals surface area contributed by atoms with Crippen LogP contribution in [0.3, 0.4) is 0 Å². The zero-order valence-corrected chi connectivity index (χ0v) is 13.3. The Kier molecular flexibility index (Phi) is 6.52. The minimum Gasteiger partial charge on any atom is -0.491 e. The van der Waals surface area contributed by atoms with E-state index < -0.39 is 0 Å². The van der Waals surface area contributed by atoms with Crippen molar-refractivity contribution in [3.8, 4) is 5.75 Å². The van der Waals surface area contributed by atoms with E-state index in [1.807, 2.05) is 6.07 Å². The van der Waals surface area contributed by atoms with Crippen LogP contribution in [0.4, 0.5) is 0 Å². The number of aliphatic hydroxyl groups is 1. The highest BCUT2D eigenvalue weighted by Crippen LogP contribution is 2.38. The van der Waals surface area contributed by atoms with Gasteiger partial charge >= 0.3 is 0 Å². The molecular formula is C18H28O3. The molecule has 1 aromatic carbocycles. The van der Waals surface area contributed by atoms with Crippen LogP contribution in [0.1, 0.15) is 49.7 Å². The van der Waals surface area contributed by atoms with Crippen molar-refractivity contribution in [3.63, 3.8) is 0 Å². The van der Waals surface area contributed by atoms with Crippen LogP contribution in [0.5, 0.6) is 5.75 Å². The van der Waals surface area contributed by atoms with Crippen LogP contribution in [-0.4, -0.2) is 32.0 Å². The van der Waals surface area contributed by atoms with Crippen molar-refractivity contribution < 1.29 is 14.6 Å². The molecule has 1 fully saturated rings. The molecule has 21 heavy (non-hydrogen) atoms. The lowest BCUT2D eigenvalue weighted by Gasteiger charge is -2.28. The van der Waals surface area contributed by atoms with Crippen molar-refractivity contribution in [1.82, 2.24) is 0 Å². The molecule has 0 saturated heterocycles. The lowest BCUT2D eigenvalue weighted by atomic mass is 9.78. The Hall–Kier alpha value is -1.06. The van der Waals surface area contributed by atoms with Crippen LogP contribution >= 0.6 is 0 Å². The molecule has 0 bridgehead atoms. The Morgan fingerprint density at radius 3 is 2.57 bits per heavy atom. The van der Waals surface area contributed by atoms with Gasteiger partial charge in [-0.05, 0) is 54.4 Å². The lowest BCUT2D eigenvalue weighted by Crippen LogP contribution is -2.13. The maximum absolute atomic E-state index is 8.88. The summed E-state index contributed by atoms with van der Waals surface area (Å²) in [7, 11) is 1.74. The van der Waals surface area contributed by atoms with Crippen LogP contribution < -0.4 is 4.74 Å². The zero-order valence-electron chi connectivity index (χ0n) is 13.3. The van der Waals surface area contributed by atoms with Gasteiger partial charge in [-0.1, -0.05) is 25.8 Å². The molecule has 1 aliphatic carbocycles. The number of rotatable bonds is 7. The average Bonchev–Trinajstić information content (AvgIpc) is 2.52. The van der Waals surface area contributed by atoms with E-state index in [0.29, 0.717) is 12.5 Å². The minimum atomic E-state index is 0.0513. The topological polar surface area (TPSA) is 38.7 Å². The first-order chi connectivity index (χ1) is 10.2. The Balaban J connectivity index is 2.13. The molecule has 2 rings (SSSR count). The number of hydrogen-bond donors (Lipinski definition) is 1. The van der Waals surface area contributed by atoms with Crippen LogP contribution in [0.2, 0.25) is 0 Å². The van der Waals surface area contributed by atoms with Crippen LogP contribution in [0.25, 0.3) is 0 Å². The minimum absolute atomic E-state index is 0.0513. The second-order valence-electron chi connectivity index (χ2n) is 6.13. The molecule has 0 atom stereocenters. The molecule has 0 amide bonds. The van der Waals surface area contributed by atoms with Gasteiger partial charge in [-0.25, -0.2) is 0 Å². The third kappa shape index (κ3) is 4.72. The molecule has 0 spiro atoms. The van der Waals surface area contributed by atoms with Crippen molar-refractivity contribution in [2.24, 2.45) is 5.92 Å². The first-order valence-electron chi connectivity index (χ1n) is 8.10. The van der Waals surface area contributed by atoms with Gasteiger partial charge in [0.05, 0.1) is 13.2 Å². The number of hydrogen-bond acceptors (Lipinski definition) is 3. The highest BCUT2D eigenvalue weighted by atomic mass is 16.5. The molecule has 0 aromatic heterocycles. The maximum Gasteiger partial charge on any atom is 0.119 e. The highest BCUT2D eigenvalue weighted by Gasteiger charge is 2.22. The summed E-state index contributed by atoms with van der Waals surface area (Å²) in [6.45, 7) is 3.49. The molecule has 0 radical (unpaired) electrons. The summed E-state index contributed by atoms with van der Waals surface area (Å²) in [6.07, 6.45) is 6.17. The van der Waals surface area contributed by atoms with Gasteiger partial charge in [0.15, 0.2) is 0 Å². The number of aliphatic hydroxyl groups excluding tert-OH is 1. The van der Waals surface area contributed by atoms with Gasteiger partial charge in [0, 0.05) is 7.11 Å². The Bertz CT molecular complexity index is 422. The quantitative estimate of drug-likeness (QED) is 0.835. The Labute approximate surface area is 128 Å². The molecular weight excluding hydrogens is 264 g/mol. The Morgan fingerprint density at radius 2 is 1.90 bits per heavy atom. The first kappa shape index (κ1) is 16.3. The van der Waals surface area contributed by atoms with Gasteiger partial charge in [-0.15, -0.1) is 0 Å². The molecule has 1 aromatic rings. The summed E-state index contributed by atoms with van der Waals surface area (Å²) in [5.41, 5.74) is 2.81. The molecule has 1 aliphatic rings. The number of methoxy groups -OCH3 is 1. The van der Waals surface area contributed by atoms with Gasteiger partial charge in [-0.2, -0.15) is 0 Å². The summed E-state index contributed by atoms with van der Waals surface area (Å²) >= 11 is 0. The van der Waals surface area contributed by atoms with Crippen molar-refractivity contribution in [2.75, 3.05) is 26.9 Å². The standard InChI is InChI=1S/C18H28O3/c1-14-3-5-15(6-4-14)18-8-7-17(21-12-10-19)13-16(18)9-11-20-2/h7-8,13-15,19H,3-6,9-12H2,1-2H3. The molecule has 3 nitrogen and oxygen atoms in total.